The summed E-state index contributed by atoms with van der Waals surface area (Å²) in [4.78, 5) is 13.7. The summed E-state index contributed by atoms with van der Waals surface area (Å²) >= 11 is 0. The molecule has 0 spiro atoms. The molecule has 0 aromatic heterocycles. The minimum Gasteiger partial charge on any atom is -0.425 e. The predicted molar refractivity (Wildman–Crippen MR) is 82.2 cm³/mol. The number of hydrogen-bond donors (Lipinski definition) is 2. The normalized spacial score (nSPS) is 15.1. The van der Waals surface area contributed by atoms with Gasteiger partial charge in [0.25, 0.3) is 0 Å². The average molecular weight is 300 g/mol. The first-order chi connectivity index (χ1) is 10.6. The lowest BCUT2D eigenvalue weighted by atomic mass is 9.92. The summed E-state index contributed by atoms with van der Waals surface area (Å²) in [7, 11) is 0. The van der Waals surface area contributed by atoms with Gasteiger partial charge in [0.2, 0.25) is 0 Å². The van der Waals surface area contributed by atoms with Gasteiger partial charge in [0.05, 0.1) is 5.56 Å². The quantitative estimate of drug-likeness (QED) is 0.382. The van der Waals surface area contributed by atoms with Gasteiger partial charge in [0.15, 0.2) is 5.96 Å². The Morgan fingerprint density at radius 1 is 1.41 bits per heavy atom. The number of esters is 1. The number of piperidine rings is 1. The number of nitriles is 1. The minimum absolute atomic E-state index is 0.117. The van der Waals surface area contributed by atoms with Gasteiger partial charge in [-0.2, -0.15) is 5.26 Å². The van der Waals surface area contributed by atoms with E-state index in [-0.39, 0.29) is 11.9 Å². The van der Waals surface area contributed by atoms with Crippen LogP contribution in [0.5, 0.6) is 5.75 Å². The molecule has 0 amide bonds. The summed E-state index contributed by atoms with van der Waals surface area (Å²) in [5, 5.41) is 16.4. The molecular weight excluding hydrogens is 280 g/mol. The van der Waals surface area contributed by atoms with Crippen molar-refractivity contribution in [3.8, 4) is 11.8 Å². The van der Waals surface area contributed by atoms with E-state index in [1.165, 1.54) is 0 Å². The fourth-order valence-electron chi connectivity index (χ4n) is 2.61. The van der Waals surface area contributed by atoms with Crippen molar-refractivity contribution in [1.29, 1.82) is 10.7 Å². The molecular formula is C16H20N4O2. The summed E-state index contributed by atoms with van der Waals surface area (Å²) in [5.74, 6) is 0.582. The Labute approximate surface area is 130 Å². The van der Waals surface area contributed by atoms with E-state index in [0.717, 1.165) is 32.4 Å². The number of para-hydroxylation sites is 1. The van der Waals surface area contributed by atoms with Crippen LogP contribution in [0.15, 0.2) is 24.3 Å². The molecule has 6 nitrogen and oxygen atoms in total. The van der Waals surface area contributed by atoms with Crippen molar-refractivity contribution in [3.63, 3.8) is 0 Å². The van der Waals surface area contributed by atoms with Crippen LogP contribution in [0.3, 0.4) is 0 Å². The Morgan fingerprint density at radius 3 is 2.73 bits per heavy atom. The number of benzene rings is 1. The molecule has 3 N–H and O–H groups in total. The second-order valence-electron chi connectivity index (χ2n) is 5.44. The first-order valence-electron chi connectivity index (χ1n) is 7.39. The molecule has 1 fully saturated rings. The molecule has 0 bridgehead atoms. The maximum absolute atomic E-state index is 11.9. The third kappa shape index (κ3) is 4.22. The number of carbonyl (C=O) groups is 1. The molecule has 0 atom stereocenters. The van der Waals surface area contributed by atoms with E-state index in [9.17, 15) is 4.79 Å². The van der Waals surface area contributed by atoms with Gasteiger partial charge in [-0.25, -0.2) is 0 Å². The Balaban J connectivity index is 1.77. The predicted octanol–water partition coefficient (Wildman–Crippen LogP) is 1.85. The highest BCUT2D eigenvalue weighted by molar-refractivity contribution is 5.74. The number of nitrogens with one attached hydrogen (secondary N) is 1. The highest BCUT2D eigenvalue weighted by Crippen LogP contribution is 2.23. The van der Waals surface area contributed by atoms with Crippen molar-refractivity contribution in [2.75, 3.05) is 13.1 Å². The maximum Gasteiger partial charge on any atom is 0.311 e. The Bertz CT molecular complexity index is 586. The standard InChI is InChI=1S/C16H20N4O2/c17-11-13-3-1-2-4-14(13)22-15(21)6-5-12-7-9-20(10-8-12)16(18)19/h1-4,12H,5-10H2,(H3,18,19). The van der Waals surface area contributed by atoms with Crippen molar-refractivity contribution in [2.24, 2.45) is 11.7 Å². The van der Waals surface area contributed by atoms with Gasteiger partial charge in [0, 0.05) is 19.5 Å². The Kier molecular flexibility index (Phi) is 5.37. The fourth-order valence-corrected chi connectivity index (χ4v) is 2.61. The van der Waals surface area contributed by atoms with Crippen molar-refractivity contribution >= 4 is 11.9 Å². The summed E-state index contributed by atoms with van der Waals surface area (Å²) in [6, 6.07) is 8.73. The van der Waals surface area contributed by atoms with E-state index >= 15 is 0 Å². The fraction of sp³-hybridized carbons (Fsp3) is 0.438. The SMILES string of the molecule is N#Cc1ccccc1OC(=O)CCC1CCN(C(=N)N)CC1. The van der Waals surface area contributed by atoms with E-state index < -0.39 is 0 Å². The van der Waals surface area contributed by atoms with Crippen molar-refractivity contribution in [3.05, 3.63) is 29.8 Å². The van der Waals surface area contributed by atoms with Crippen LogP contribution in [-0.2, 0) is 4.79 Å². The molecule has 6 heteroatoms. The van der Waals surface area contributed by atoms with Gasteiger partial charge in [0.1, 0.15) is 11.8 Å². The topological polar surface area (TPSA) is 103 Å². The van der Waals surface area contributed by atoms with Crippen LogP contribution in [0.2, 0.25) is 0 Å². The van der Waals surface area contributed by atoms with E-state index in [1.54, 1.807) is 24.3 Å². The van der Waals surface area contributed by atoms with Gasteiger partial charge < -0.3 is 15.4 Å². The lowest BCUT2D eigenvalue weighted by Gasteiger charge is -2.31. The number of nitrogens with zero attached hydrogens (tertiary/aromatic N) is 2. The third-order valence-corrected chi connectivity index (χ3v) is 3.94. The average Bonchev–Trinajstić information content (AvgIpc) is 2.54. The molecule has 0 saturated carbocycles. The molecule has 0 radical (unpaired) electrons. The molecule has 1 aromatic rings. The minimum atomic E-state index is -0.309. The number of carbonyl (C=O) groups excluding carboxylic acids is 1. The van der Waals surface area contributed by atoms with Gasteiger partial charge in [-0.3, -0.25) is 10.2 Å². The lowest BCUT2D eigenvalue weighted by Crippen LogP contribution is -2.42. The number of nitrogens with two attached hydrogens (primary N) is 1. The van der Waals surface area contributed by atoms with Crippen molar-refractivity contribution < 1.29 is 9.53 Å². The smallest absolute Gasteiger partial charge is 0.311 e. The molecule has 0 unspecified atom stereocenters. The third-order valence-electron chi connectivity index (χ3n) is 3.94. The number of guanidine groups is 1. The molecule has 0 aliphatic carbocycles. The number of ether oxygens (including phenoxy) is 1. The summed E-state index contributed by atoms with van der Waals surface area (Å²) < 4.78 is 5.26. The summed E-state index contributed by atoms with van der Waals surface area (Å²) in [6.07, 6.45) is 2.97. The first-order valence-corrected chi connectivity index (χ1v) is 7.39. The van der Waals surface area contributed by atoms with Crippen molar-refractivity contribution in [2.45, 2.75) is 25.7 Å². The van der Waals surface area contributed by atoms with E-state index in [4.69, 9.17) is 21.1 Å². The molecule has 1 aromatic carbocycles. The van der Waals surface area contributed by atoms with Gasteiger partial charge in [-0.15, -0.1) is 0 Å². The van der Waals surface area contributed by atoms with Gasteiger partial charge in [-0.1, -0.05) is 12.1 Å². The highest BCUT2D eigenvalue weighted by atomic mass is 16.5. The van der Waals surface area contributed by atoms with Crippen LogP contribution >= 0.6 is 0 Å². The number of hydrogen-bond acceptors (Lipinski definition) is 4. The lowest BCUT2D eigenvalue weighted by molar-refractivity contribution is -0.134. The van der Waals surface area contributed by atoms with Crippen LogP contribution in [0, 0.1) is 22.7 Å². The molecule has 1 saturated heterocycles. The maximum atomic E-state index is 11.9. The van der Waals surface area contributed by atoms with Crippen molar-refractivity contribution in [1.82, 2.24) is 4.90 Å². The zero-order chi connectivity index (χ0) is 15.9. The Morgan fingerprint density at radius 2 is 2.09 bits per heavy atom. The van der Waals surface area contributed by atoms with Crippen LogP contribution in [0.1, 0.15) is 31.2 Å². The van der Waals surface area contributed by atoms with Crippen LogP contribution in [0.4, 0.5) is 0 Å². The van der Waals surface area contributed by atoms with E-state index in [2.05, 4.69) is 0 Å². The largest absolute Gasteiger partial charge is 0.425 e. The summed E-state index contributed by atoms with van der Waals surface area (Å²) in [5.41, 5.74) is 5.82. The molecule has 22 heavy (non-hydrogen) atoms. The van der Waals surface area contributed by atoms with Crippen LogP contribution in [-0.4, -0.2) is 29.9 Å². The zero-order valence-electron chi connectivity index (χ0n) is 12.4. The monoisotopic (exact) mass is 300 g/mol. The Hall–Kier alpha value is -2.55. The second-order valence-corrected chi connectivity index (χ2v) is 5.44. The molecule has 1 aliphatic rings. The molecule has 116 valence electrons. The van der Waals surface area contributed by atoms with Gasteiger partial charge >= 0.3 is 5.97 Å². The van der Waals surface area contributed by atoms with E-state index in [0.29, 0.717) is 23.7 Å². The summed E-state index contributed by atoms with van der Waals surface area (Å²) in [6.45, 7) is 1.54. The van der Waals surface area contributed by atoms with E-state index in [1.807, 2.05) is 11.0 Å². The van der Waals surface area contributed by atoms with Crippen LogP contribution < -0.4 is 10.5 Å². The second kappa shape index (κ2) is 7.46. The highest BCUT2D eigenvalue weighted by Gasteiger charge is 2.21. The first kappa shape index (κ1) is 15.8. The van der Waals surface area contributed by atoms with Crippen LogP contribution in [0.25, 0.3) is 0 Å². The number of likely N-dealkylation sites (tertiary alicyclic amines) is 1. The zero-order valence-corrected chi connectivity index (χ0v) is 12.4. The van der Waals surface area contributed by atoms with Gasteiger partial charge in [-0.05, 0) is 37.3 Å². The molecule has 1 heterocycles. The molecule has 1 aliphatic heterocycles. The molecule has 2 rings (SSSR count). The number of rotatable bonds is 4.